The summed E-state index contributed by atoms with van der Waals surface area (Å²) in [6.07, 6.45) is -1.25. The second-order valence-corrected chi connectivity index (χ2v) is 10.3. The maximum Gasteiger partial charge on any atom is 0.323 e. The van der Waals surface area contributed by atoms with Crippen molar-refractivity contribution in [3.8, 4) is 11.5 Å². The molecule has 0 aromatic heterocycles. The van der Waals surface area contributed by atoms with Gasteiger partial charge in [-0.15, -0.1) is 0 Å². The van der Waals surface area contributed by atoms with Crippen LogP contribution in [-0.4, -0.2) is 42.1 Å². The number of esters is 4. The Bertz CT molecular complexity index is 910. The number of rotatable bonds is 8. The number of ether oxygens (including phenoxy) is 4. The smallest absolute Gasteiger partial charge is 0.323 e. The predicted octanol–water partition coefficient (Wildman–Crippen LogP) is 3.34. The Morgan fingerprint density at radius 3 is 1.76 bits per heavy atom. The van der Waals surface area contributed by atoms with E-state index in [4.69, 9.17) is 24.7 Å². The SMILES string of the molecule is CC(=O)OC(C)[C@H](C)OC(=O)[C@@H](N)Cc1ccc(OC(=O)C(C)(C)C)c(OC(=O)C(C)(C)C)c1. The molecule has 190 valence electrons. The third-order valence-corrected chi connectivity index (χ3v) is 4.71. The highest BCUT2D eigenvalue weighted by molar-refractivity contribution is 5.81. The van der Waals surface area contributed by atoms with Crippen molar-refractivity contribution in [3.05, 3.63) is 23.8 Å². The molecule has 1 unspecified atom stereocenters. The zero-order valence-corrected chi connectivity index (χ0v) is 21.5. The molecule has 2 N–H and O–H groups in total. The molecule has 0 aliphatic heterocycles. The van der Waals surface area contributed by atoms with Gasteiger partial charge in [0.2, 0.25) is 0 Å². The lowest BCUT2D eigenvalue weighted by Crippen LogP contribution is -2.39. The average Bonchev–Trinajstić information content (AvgIpc) is 2.67. The van der Waals surface area contributed by atoms with Crippen LogP contribution in [-0.2, 0) is 35.1 Å². The van der Waals surface area contributed by atoms with Crippen molar-refractivity contribution in [2.75, 3.05) is 0 Å². The molecule has 0 aliphatic carbocycles. The van der Waals surface area contributed by atoms with Crippen molar-refractivity contribution < 1.29 is 38.1 Å². The summed E-state index contributed by atoms with van der Waals surface area (Å²) in [5.74, 6) is -2.04. The lowest BCUT2D eigenvalue weighted by molar-refractivity contribution is -0.164. The van der Waals surface area contributed by atoms with Gasteiger partial charge in [-0.2, -0.15) is 0 Å². The highest BCUT2D eigenvalue weighted by Gasteiger charge is 2.29. The molecule has 9 heteroatoms. The van der Waals surface area contributed by atoms with E-state index in [0.29, 0.717) is 5.56 Å². The van der Waals surface area contributed by atoms with Crippen molar-refractivity contribution in [1.82, 2.24) is 0 Å². The first-order valence-corrected chi connectivity index (χ1v) is 11.1. The maximum absolute atomic E-state index is 12.5. The van der Waals surface area contributed by atoms with Gasteiger partial charge in [-0.05, 0) is 79.5 Å². The third-order valence-electron chi connectivity index (χ3n) is 4.71. The molecule has 0 heterocycles. The molecule has 1 rings (SSSR count). The maximum atomic E-state index is 12.5. The van der Waals surface area contributed by atoms with Crippen molar-refractivity contribution in [3.63, 3.8) is 0 Å². The fraction of sp³-hybridized carbons (Fsp3) is 0.600. The number of carbonyl (C=O) groups is 4. The number of hydrogen-bond donors (Lipinski definition) is 1. The summed E-state index contributed by atoms with van der Waals surface area (Å²) in [5.41, 5.74) is 5.02. The van der Waals surface area contributed by atoms with Crippen LogP contribution in [0.25, 0.3) is 0 Å². The zero-order valence-electron chi connectivity index (χ0n) is 21.5. The van der Waals surface area contributed by atoms with Gasteiger partial charge in [0.15, 0.2) is 11.5 Å². The Morgan fingerprint density at radius 2 is 1.29 bits per heavy atom. The van der Waals surface area contributed by atoms with Crippen LogP contribution in [0.1, 0.15) is 67.9 Å². The summed E-state index contributed by atoms with van der Waals surface area (Å²) in [7, 11) is 0. The van der Waals surface area contributed by atoms with Gasteiger partial charge in [0.05, 0.1) is 10.8 Å². The fourth-order valence-corrected chi connectivity index (χ4v) is 2.41. The lowest BCUT2D eigenvalue weighted by Gasteiger charge is -2.22. The van der Waals surface area contributed by atoms with Crippen molar-refractivity contribution >= 4 is 23.9 Å². The van der Waals surface area contributed by atoms with Gasteiger partial charge in [0.1, 0.15) is 18.2 Å². The molecule has 0 bridgehead atoms. The largest absolute Gasteiger partial charge is 0.459 e. The standard InChI is InChI=1S/C25H37NO8/c1-14(31-16(3)27)15(2)32-21(28)18(26)12-17-10-11-19(33-22(29)24(4,5)6)20(13-17)34-23(30)25(7,8)9/h10-11,13-15,18H,12,26H2,1-9H3/t14?,15-,18-/m0/s1. The Labute approximate surface area is 201 Å². The summed E-state index contributed by atoms with van der Waals surface area (Å²) >= 11 is 0. The minimum absolute atomic E-state index is 0.0486. The molecular weight excluding hydrogens is 442 g/mol. The second-order valence-electron chi connectivity index (χ2n) is 10.3. The molecule has 34 heavy (non-hydrogen) atoms. The van der Waals surface area contributed by atoms with Crippen LogP contribution in [0.15, 0.2) is 18.2 Å². The molecule has 0 spiro atoms. The van der Waals surface area contributed by atoms with Crippen LogP contribution in [0.3, 0.4) is 0 Å². The molecule has 1 aromatic rings. The Hall–Kier alpha value is -2.94. The number of hydrogen-bond acceptors (Lipinski definition) is 9. The summed E-state index contributed by atoms with van der Waals surface area (Å²) in [6, 6.07) is 3.60. The van der Waals surface area contributed by atoms with E-state index in [1.54, 1.807) is 61.5 Å². The van der Waals surface area contributed by atoms with Crippen molar-refractivity contribution in [1.29, 1.82) is 0 Å². The average molecular weight is 480 g/mol. The monoisotopic (exact) mass is 479 g/mol. The Balaban J connectivity index is 3.07. The van der Waals surface area contributed by atoms with E-state index in [1.807, 2.05) is 0 Å². The van der Waals surface area contributed by atoms with Gasteiger partial charge in [-0.3, -0.25) is 19.2 Å². The summed E-state index contributed by atoms with van der Waals surface area (Å²) in [6.45, 7) is 14.7. The molecule has 0 fully saturated rings. The van der Waals surface area contributed by atoms with Crippen molar-refractivity contribution in [2.24, 2.45) is 16.6 Å². The summed E-state index contributed by atoms with van der Waals surface area (Å²) < 4.78 is 21.3. The van der Waals surface area contributed by atoms with Crippen LogP contribution in [0, 0.1) is 10.8 Å². The van der Waals surface area contributed by atoms with Crippen LogP contribution < -0.4 is 15.2 Å². The van der Waals surface area contributed by atoms with Gasteiger partial charge in [0.25, 0.3) is 0 Å². The summed E-state index contributed by atoms with van der Waals surface area (Å²) in [4.78, 5) is 48.4. The minimum Gasteiger partial charge on any atom is -0.459 e. The van der Waals surface area contributed by atoms with Crippen LogP contribution in [0.4, 0.5) is 0 Å². The molecule has 9 nitrogen and oxygen atoms in total. The van der Waals surface area contributed by atoms with Gasteiger partial charge in [0, 0.05) is 6.92 Å². The molecule has 0 aliphatic rings. The Morgan fingerprint density at radius 1 is 0.824 bits per heavy atom. The molecule has 0 saturated carbocycles. The van der Waals surface area contributed by atoms with Crippen LogP contribution in [0.5, 0.6) is 11.5 Å². The third kappa shape index (κ3) is 9.13. The van der Waals surface area contributed by atoms with E-state index in [2.05, 4.69) is 0 Å². The van der Waals surface area contributed by atoms with Gasteiger partial charge in [-0.1, -0.05) is 6.07 Å². The first-order valence-electron chi connectivity index (χ1n) is 11.1. The van der Waals surface area contributed by atoms with Crippen LogP contribution in [0.2, 0.25) is 0 Å². The predicted molar refractivity (Wildman–Crippen MR) is 125 cm³/mol. The number of benzene rings is 1. The normalized spacial score (nSPS) is 14.4. The number of carbonyl (C=O) groups excluding carboxylic acids is 4. The molecule has 0 radical (unpaired) electrons. The Kier molecular flexibility index (Phi) is 9.81. The van der Waals surface area contributed by atoms with E-state index in [-0.39, 0.29) is 17.9 Å². The topological polar surface area (TPSA) is 131 Å². The molecular formula is C25H37NO8. The molecule has 0 amide bonds. The van der Waals surface area contributed by atoms with Crippen LogP contribution >= 0.6 is 0 Å². The quantitative estimate of drug-likeness (QED) is 0.440. The first-order chi connectivity index (χ1) is 15.4. The molecule has 0 saturated heterocycles. The fourth-order valence-electron chi connectivity index (χ4n) is 2.41. The van der Waals surface area contributed by atoms with E-state index in [9.17, 15) is 19.2 Å². The van der Waals surface area contributed by atoms with Gasteiger partial charge < -0.3 is 24.7 Å². The zero-order chi connectivity index (χ0) is 26.4. The molecule has 1 aromatic carbocycles. The highest BCUT2D eigenvalue weighted by Crippen LogP contribution is 2.33. The lowest BCUT2D eigenvalue weighted by atomic mass is 9.97. The van der Waals surface area contributed by atoms with Crippen molar-refractivity contribution in [2.45, 2.75) is 87.0 Å². The molecule has 3 atom stereocenters. The van der Waals surface area contributed by atoms with E-state index < -0.39 is 53.0 Å². The summed E-state index contributed by atoms with van der Waals surface area (Å²) in [5, 5.41) is 0. The highest BCUT2D eigenvalue weighted by atomic mass is 16.6. The van der Waals surface area contributed by atoms with E-state index >= 15 is 0 Å². The van der Waals surface area contributed by atoms with E-state index in [0.717, 1.165) is 0 Å². The number of nitrogens with two attached hydrogens (primary N) is 1. The first kappa shape index (κ1) is 29.1. The van der Waals surface area contributed by atoms with Gasteiger partial charge in [-0.25, -0.2) is 0 Å². The van der Waals surface area contributed by atoms with E-state index in [1.165, 1.54) is 19.1 Å². The second kappa shape index (κ2) is 11.5. The minimum atomic E-state index is -1.03. The van der Waals surface area contributed by atoms with Gasteiger partial charge >= 0.3 is 23.9 Å².